The van der Waals surface area contributed by atoms with Crippen LogP contribution < -0.4 is 16.0 Å². The van der Waals surface area contributed by atoms with Crippen LogP contribution in [-0.4, -0.2) is 62.2 Å². The highest BCUT2D eigenvalue weighted by molar-refractivity contribution is 14.0. The van der Waals surface area contributed by atoms with Crippen LogP contribution in [0, 0.1) is 0 Å². The van der Waals surface area contributed by atoms with E-state index in [1.54, 1.807) is 19.2 Å². The summed E-state index contributed by atoms with van der Waals surface area (Å²) in [5.74, 6) is 0.781. The predicted molar refractivity (Wildman–Crippen MR) is 101 cm³/mol. The van der Waals surface area contributed by atoms with Gasteiger partial charge in [0.15, 0.2) is 5.96 Å². The van der Waals surface area contributed by atoms with Gasteiger partial charge in [0.1, 0.15) is 5.76 Å². The summed E-state index contributed by atoms with van der Waals surface area (Å²) in [4.78, 5) is 17.1. The van der Waals surface area contributed by atoms with Gasteiger partial charge in [-0.15, -0.1) is 24.0 Å². The molecule has 148 valence electrons. The molecule has 1 unspecified atom stereocenters. The number of hydrogen-bond donors (Lipinski definition) is 3. The Hall–Kier alpha value is -1.50. The van der Waals surface area contributed by atoms with E-state index in [0.717, 1.165) is 0 Å². The van der Waals surface area contributed by atoms with E-state index < -0.39 is 12.7 Å². The number of carbonyl (C=O) groups excluding carboxylic acids is 1. The molecule has 1 aromatic heterocycles. The van der Waals surface area contributed by atoms with Crippen molar-refractivity contribution in [3.05, 3.63) is 24.2 Å². The van der Waals surface area contributed by atoms with Crippen molar-refractivity contribution in [3.63, 3.8) is 0 Å². The molecule has 2 rings (SSSR count). The lowest BCUT2D eigenvalue weighted by molar-refractivity contribution is -0.143. The van der Waals surface area contributed by atoms with E-state index >= 15 is 0 Å². The molecule has 1 saturated heterocycles. The first-order valence-electron chi connectivity index (χ1n) is 7.91. The van der Waals surface area contributed by atoms with Crippen molar-refractivity contribution >= 4 is 35.8 Å². The van der Waals surface area contributed by atoms with Crippen molar-refractivity contribution in [2.75, 3.05) is 33.2 Å². The molecular weight excluding hydrogens is 466 g/mol. The number of furan rings is 1. The number of nitrogens with one attached hydrogen (secondary N) is 3. The maximum Gasteiger partial charge on any atom is 0.401 e. The Bertz CT molecular complexity index is 580. The fourth-order valence-corrected chi connectivity index (χ4v) is 2.56. The maximum atomic E-state index is 12.4. The Morgan fingerprint density at radius 2 is 2.19 bits per heavy atom. The topological polar surface area (TPSA) is 81.9 Å². The second kappa shape index (κ2) is 10.6. The molecule has 1 amide bonds. The largest absolute Gasteiger partial charge is 0.467 e. The summed E-state index contributed by atoms with van der Waals surface area (Å²) in [5, 5.41) is 8.56. The highest BCUT2D eigenvalue weighted by atomic mass is 127. The van der Waals surface area contributed by atoms with Crippen molar-refractivity contribution in [1.82, 2.24) is 20.9 Å². The molecule has 26 heavy (non-hydrogen) atoms. The minimum absolute atomic E-state index is 0. The lowest BCUT2D eigenvalue weighted by atomic mass is 10.3. The van der Waals surface area contributed by atoms with E-state index in [-0.39, 0.29) is 55.6 Å². The molecule has 0 aromatic carbocycles. The van der Waals surface area contributed by atoms with Gasteiger partial charge < -0.3 is 20.4 Å². The van der Waals surface area contributed by atoms with E-state index in [1.807, 2.05) is 0 Å². The monoisotopic (exact) mass is 489 g/mol. The van der Waals surface area contributed by atoms with E-state index in [1.165, 1.54) is 11.2 Å². The summed E-state index contributed by atoms with van der Waals surface area (Å²) in [5.41, 5.74) is 0. The fraction of sp³-hybridized carbons (Fsp3) is 0.600. The van der Waals surface area contributed by atoms with Gasteiger partial charge in [-0.25, -0.2) is 0 Å². The number of nitrogens with zero attached hydrogens (tertiary/aromatic N) is 2. The fourth-order valence-electron chi connectivity index (χ4n) is 2.56. The lowest BCUT2D eigenvalue weighted by Crippen LogP contribution is -2.47. The highest BCUT2D eigenvalue weighted by Crippen LogP contribution is 2.19. The molecule has 0 bridgehead atoms. The number of hydrogen-bond acceptors (Lipinski definition) is 4. The van der Waals surface area contributed by atoms with Crippen LogP contribution in [0.15, 0.2) is 27.8 Å². The number of alkyl halides is 3. The van der Waals surface area contributed by atoms with Crippen molar-refractivity contribution in [3.8, 4) is 0 Å². The predicted octanol–water partition coefficient (Wildman–Crippen LogP) is 1.32. The summed E-state index contributed by atoms with van der Waals surface area (Å²) in [6.45, 7) is 0.0308. The van der Waals surface area contributed by atoms with Gasteiger partial charge in [0.2, 0.25) is 5.91 Å². The molecule has 3 N–H and O–H groups in total. The average molecular weight is 489 g/mol. The van der Waals surface area contributed by atoms with Gasteiger partial charge in [0.25, 0.3) is 0 Å². The molecule has 1 aromatic rings. The molecule has 0 radical (unpaired) electrons. The quantitative estimate of drug-likeness (QED) is 0.319. The zero-order chi connectivity index (χ0) is 18.3. The van der Waals surface area contributed by atoms with Gasteiger partial charge in [-0.05, 0) is 18.6 Å². The Morgan fingerprint density at radius 3 is 2.81 bits per heavy atom. The van der Waals surface area contributed by atoms with Crippen LogP contribution in [0.25, 0.3) is 0 Å². The normalized spacial score (nSPS) is 18.3. The van der Waals surface area contributed by atoms with Gasteiger partial charge in [0.05, 0.1) is 25.9 Å². The minimum Gasteiger partial charge on any atom is -0.467 e. The summed E-state index contributed by atoms with van der Waals surface area (Å²) in [6, 6.07) is 3.34. The molecular formula is C15H23F3IN5O2. The Morgan fingerprint density at radius 1 is 1.42 bits per heavy atom. The third-order valence-electron chi connectivity index (χ3n) is 3.70. The molecule has 7 nitrogen and oxygen atoms in total. The Kier molecular flexibility index (Phi) is 9.19. The van der Waals surface area contributed by atoms with Crippen LogP contribution in [0.3, 0.4) is 0 Å². The molecule has 1 aliphatic heterocycles. The lowest BCUT2D eigenvalue weighted by Gasteiger charge is -2.19. The standard InChI is InChI=1S/C15H22F3N5O2.HI/c1-19-14(21-8-13(24)20-7-12-3-2-6-25-12)22-11-4-5-23(9-11)10-15(16,17)18;/h2-3,6,11H,4-5,7-10H2,1H3,(H,20,24)(H2,19,21,22);1H. The number of halogens is 4. The zero-order valence-electron chi connectivity index (χ0n) is 14.3. The van der Waals surface area contributed by atoms with Crippen LogP contribution in [0.1, 0.15) is 12.2 Å². The van der Waals surface area contributed by atoms with Crippen LogP contribution in [0.5, 0.6) is 0 Å². The first-order chi connectivity index (χ1) is 11.9. The third-order valence-corrected chi connectivity index (χ3v) is 3.70. The van der Waals surface area contributed by atoms with Gasteiger partial charge >= 0.3 is 6.18 Å². The smallest absolute Gasteiger partial charge is 0.401 e. The summed E-state index contributed by atoms with van der Waals surface area (Å²) >= 11 is 0. The highest BCUT2D eigenvalue weighted by Gasteiger charge is 2.34. The summed E-state index contributed by atoms with van der Waals surface area (Å²) in [6.07, 6.45) is -2.09. The van der Waals surface area contributed by atoms with Gasteiger partial charge in [-0.3, -0.25) is 14.7 Å². The summed E-state index contributed by atoms with van der Waals surface area (Å²) in [7, 11) is 1.54. The molecule has 1 aliphatic rings. The Balaban J connectivity index is 0.00000338. The SMILES string of the molecule is CN=C(NCC(=O)NCc1ccco1)NC1CCN(CC(F)(F)F)C1.I. The van der Waals surface area contributed by atoms with Crippen molar-refractivity contribution in [2.24, 2.45) is 4.99 Å². The number of guanidine groups is 1. The third kappa shape index (κ3) is 8.25. The zero-order valence-corrected chi connectivity index (χ0v) is 16.6. The van der Waals surface area contributed by atoms with E-state index in [2.05, 4.69) is 20.9 Å². The van der Waals surface area contributed by atoms with Crippen LogP contribution in [-0.2, 0) is 11.3 Å². The van der Waals surface area contributed by atoms with Gasteiger partial charge in [-0.1, -0.05) is 0 Å². The van der Waals surface area contributed by atoms with Crippen molar-refractivity contribution in [1.29, 1.82) is 0 Å². The molecule has 1 atom stereocenters. The molecule has 2 heterocycles. The minimum atomic E-state index is -4.19. The van der Waals surface area contributed by atoms with E-state index in [9.17, 15) is 18.0 Å². The maximum absolute atomic E-state index is 12.4. The number of amides is 1. The van der Waals surface area contributed by atoms with E-state index in [0.29, 0.717) is 24.7 Å². The molecule has 11 heteroatoms. The number of rotatable bonds is 6. The van der Waals surface area contributed by atoms with Gasteiger partial charge in [-0.2, -0.15) is 13.2 Å². The first kappa shape index (κ1) is 22.5. The van der Waals surface area contributed by atoms with Crippen LogP contribution in [0.4, 0.5) is 13.2 Å². The average Bonchev–Trinajstić information content (AvgIpc) is 3.19. The first-order valence-corrected chi connectivity index (χ1v) is 7.91. The van der Waals surface area contributed by atoms with E-state index in [4.69, 9.17) is 4.42 Å². The molecule has 0 aliphatic carbocycles. The van der Waals surface area contributed by atoms with Crippen LogP contribution >= 0.6 is 24.0 Å². The second-order valence-corrected chi connectivity index (χ2v) is 5.76. The van der Waals surface area contributed by atoms with Crippen molar-refractivity contribution in [2.45, 2.75) is 25.2 Å². The molecule has 1 fully saturated rings. The van der Waals surface area contributed by atoms with Gasteiger partial charge in [0, 0.05) is 26.2 Å². The number of aliphatic imine (C=N–C) groups is 1. The Labute approximate surface area is 166 Å². The number of carbonyl (C=O) groups is 1. The van der Waals surface area contributed by atoms with Crippen LogP contribution in [0.2, 0.25) is 0 Å². The second-order valence-electron chi connectivity index (χ2n) is 5.76. The summed E-state index contributed by atoms with van der Waals surface area (Å²) < 4.78 is 42.3. The number of likely N-dealkylation sites (tertiary alicyclic amines) is 1. The van der Waals surface area contributed by atoms with Crippen molar-refractivity contribution < 1.29 is 22.4 Å². The molecule has 0 spiro atoms. The molecule has 0 saturated carbocycles.